The predicted octanol–water partition coefficient (Wildman–Crippen LogP) is 3.20. The third-order valence-corrected chi connectivity index (χ3v) is 8.25. The molecule has 0 saturated carbocycles. The molecule has 0 aromatic heterocycles. The number of amides is 1. The number of rotatable bonds is 4. The fourth-order valence-electron chi connectivity index (χ4n) is 4.50. The molecule has 4 rings (SSSR count). The molecule has 2 aliphatic rings. The number of nitrogens with zero attached hydrogens (tertiary/aromatic N) is 3. The molecule has 1 fully saturated rings. The Bertz CT molecular complexity index is 1150. The first-order valence-electron chi connectivity index (χ1n) is 10.3. The Morgan fingerprint density at radius 3 is 2.42 bits per heavy atom. The highest BCUT2D eigenvalue weighted by molar-refractivity contribution is 7.89. The van der Waals surface area contributed by atoms with E-state index in [1.165, 1.54) is 16.4 Å². The maximum absolute atomic E-state index is 13.2. The van der Waals surface area contributed by atoms with Gasteiger partial charge in [0.05, 0.1) is 15.5 Å². The van der Waals surface area contributed by atoms with Gasteiger partial charge in [0.2, 0.25) is 15.9 Å². The summed E-state index contributed by atoms with van der Waals surface area (Å²) in [5.74, 6) is -0.376. The third-order valence-electron chi connectivity index (χ3n) is 6.19. The maximum Gasteiger partial charge on any atom is 0.271 e. The van der Waals surface area contributed by atoms with Gasteiger partial charge in [0.15, 0.2) is 0 Å². The smallest absolute Gasteiger partial charge is 0.271 e. The van der Waals surface area contributed by atoms with Crippen LogP contribution < -0.4 is 4.90 Å². The van der Waals surface area contributed by atoms with Crippen LogP contribution in [0.4, 0.5) is 11.4 Å². The molecule has 164 valence electrons. The number of nitro groups is 1. The summed E-state index contributed by atoms with van der Waals surface area (Å²) in [7, 11) is -3.61. The number of carbonyl (C=O) groups is 1. The molecule has 0 N–H and O–H groups in total. The highest BCUT2D eigenvalue weighted by Gasteiger charge is 2.36. The molecule has 8 nitrogen and oxygen atoms in total. The molecular formula is C22H25N3O5S. The van der Waals surface area contributed by atoms with Gasteiger partial charge in [0, 0.05) is 37.7 Å². The molecule has 1 amide bonds. The summed E-state index contributed by atoms with van der Waals surface area (Å²) < 4.78 is 27.6. The number of hydrogen-bond acceptors (Lipinski definition) is 5. The lowest BCUT2D eigenvalue weighted by Gasteiger charge is -2.33. The van der Waals surface area contributed by atoms with Crippen LogP contribution in [0.1, 0.15) is 29.5 Å². The topological polar surface area (TPSA) is 101 Å². The van der Waals surface area contributed by atoms with Gasteiger partial charge in [0.1, 0.15) is 0 Å². The second-order valence-electron chi connectivity index (χ2n) is 8.26. The summed E-state index contributed by atoms with van der Waals surface area (Å²) in [6.45, 7) is 4.77. The van der Waals surface area contributed by atoms with Gasteiger partial charge in [-0.25, -0.2) is 8.42 Å². The van der Waals surface area contributed by atoms with E-state index in [-0.39, 0.29) is 30.6 Å². The average Bonchev–Trinajstić information content (AvgIpc) is 3.16. The fourth-order valence-corrected chi connectivity index (χ4v) is 6.18. The van der Waals surface area contributed by atoms with Crippen molar-refractivity contribution in [2.24, 2.45) is 5.92 Å². The lowest BCUT2D eigenvalue weighted by Crippen LogP contribution is -2.44. The van der Waals surface area contributed by atoms with E-state index in [9.17, 15) is 23.3 Å². The molecule has 2 aliphatic heterocycles. The molecule has 2 aromatic carbocycles. The van der Waals surface area contributed by atoms with E-state index in [1.54, 1.807) is 30.0 Å². The van der Waals surface area contributed by atoms with Gasteiger partial charge < -0.3 is 4.90 Å². The Balaban J connectivity index is 1.47. The minimum atomic E-state index is -3.61. The van der Waals surface area contributed by atoms with Crippen LogP contribution in [-0.4, -0.2) is 43.2 Å². The highest BCUT2D eigenvalue weighted by atomic mass is 32.2. The molecule has 31 heavy (non-hydrogen) atoms. The second kappa shape index (κ2) is 8.05. The van der Waals surface area contributed by atoms with Crippen molar-refractivity contribution in [3.63, 3.8) is 0 Å². The van der Waals surface area contributed by atoms with Crippen molar-refractivity contribution in [1.82, 2.24) is 4.31 Å². The predicted molar refractivity (Wildman–Crippen MR) is 117 cm³/mol. The van der Waals surface area contributed by atoms with Crippen molar-refractivity contribution < 1.29 is 18.1 Å². The molecule has 0 aliphatic carbocycles. The van der Waals surface area contributed by atoms with E-state index >= 15 is 0 Å². The van der Waals surface area contributed by atoms with Gasteiger partial charge in [0.25, 0.3) is 5.69 Å². The van der Waals surface area contributed by atoms with Crippen LogP contribution in [0.2, 0.25) is 0 Å². The van der Waals surface area contributed by atoms with Crippen molar-refractivity contribution >= 4 is 27.3 Å². The van der Waals surface area contributed by atoms with E-state index in [0.29, 0.717) is 42.0 Å². The largest absolute Gasteiger partial charge is 0.311 e. The maximum atomic E-state index is 13.2. The summed E-state index contributed by atoms with van der Waals surface area (Å²) in [6, 6.07) is 9.92. The molecule has 2 heterocycles. The Morgan fingerprint density at radius 1 is 1.06 bits per heavy atom. The van der Waals surface area contributed by atoms with Crippen LogP contribution in [0.15, 0.2) is 41.3 Å². The first-order valence-corrected chi connectivity index (χ1v) is 11.8. The number of carbonyl (C=O) groups excluding carboxylic acids is 1. The molecule has 0 spiro atoms. The summed E-state index contributed by atoms with van der Waals surface area (Å²) in [5.41, 5.74) is 3.21. The number of anilines is 1. The third kappa shape index (κ3) is 3.95. The molecule has 0 unspecified atom stereocenters. The molecule has 0 atom stereocenters. The van der Waals surface area contributed by atoms with Crippen molar-refractivity contribution in [2.75, 3.05) is 24.5 Å². The molecule has 0 bridgehead atoms. The number of aryl methyl sites for hydroxylation is 2. The molecule has 2 aromatic rings. The molecule has 1 saturated heterocycles. The molecule has 0 radical (unpaired) electrons. The zero-order chi connectivity index (χ0) is 22.3. The first kappa shape index (κ1) is 21.5. The lowest BCUT2D eigenvalue weighted by molar-refractivity contribution is -0.384. The summed E-state index contributed by atoms with van der Waals surface area (Å²) >= 11 is 0. The average molecular weight is 444 g/mol. The zero-order valence-corrected chi connectivity index (χ0v) is 18.4. The summed E-state index contributed by atoms with van der Waals surface area (Å²) in [5, 5.41) is 11.1. The van der Waals surface area contributed by atoms with Crippen molar-refractivity contribution in [3.05, 3.63) is 63.2 Å². The van der Waals surface area contributed by atoms with E-state index in [4.69, 9.17) is 0 Å². The monoisotopic (exact) mass is 443 g/mol. The zero-order valence-electron chi connectivity index (χ0n) is 17.6. The van der Waals surface area contributed by atoms with Crippen molar-refractivity contribution in [2.45, 2.75) is 38.0 Å². The quantitative estimate of drug-likeness (QED) is 0.534. The van der Waals surface area contributed by atoms with Crippen molar-refractivity contribution in [3.8, 4) is 0 Å². The van der Waals surface area contributed by atoms with E-state index in [1.807, 2.05) is 13.0 Å². The van der Waals surface area contributed by atoms with Gasteiger partial charge in [-0.1, -0.05) is 23.8 Å². The van der Waals surface area contributed by atoms with Crippen LogP contribution in [0.3, 0.4) is 0 Å². The Morgan fingerprint density at radius 2 is 1.77 bits per heavy atom. The minimum Gasteiger partial charge on any atom is -0.311 e. The van der Waals surface area contributed by atoms with Gasteiger partial charge >= 0.3 is 0 Å². The van der Waals surface area contributed by atoms with Crippen LogP contribution in [0, 0.1) is 29.9 Å². The number of hydrogen-bond donors (Lipinski definition) is 0. The molecule has 9 heteroatoms. The summed E-state index contributed by atoms with van der Waals surface area (Å²) in [4.78, 5) is 25.7. The van der Waals surface area contributed by atoms with Crippen LogP contribution in [-0.2, 0) is 21.2 Å². The summed E-state index contributed by atoms with van der Waals surface area (Å²) in [6.07, 6.45) is 1.53. The number of nitro benzene ring substituents is 1. The van der Waals surface area contributed by atoms with Gasteiger partial charge in [-0.2, -0.15) is 4.31 Å². The SMILES string of the molecule is Cc1ccc(S(=O)(=O)N2CCC(C(=O)N3CCc4ccc([N+](=O)[O-])cc43)CC2)c(C)c1. The fraction of sp³-hybridized carbons (Fsp3) is 0.409. The number of non-ortho nitro benzene ring substituents is 1. The van der Waals surface area contributed by atoms with Gasteiger partial charge in [-0.15, -0.1) is 0 Å². The Hall–Kier alpha value is -2.78. The Kier molecular flexibility index (Phi) is 5.57. The number of piperidine rings is 1. The van der Waals surface area contributed by atoms with Crippen LogP contribution in [0.5, 0.6) is 0 Å². The Labute approximate surface area is 181 Å². The standard InChI is InChI=1S/C22H25N3O5S/c1-15-3-6-21(16(2)13-15)31(29,30)23-10-7-18(8-11-23)22(26)24-12-9-17-4-5-19(25(27)28)14-20(17)24/h3-6,13-14,18H,7-12H2,1-2H3. The van der Waals surface area contributed by atoms with Crippen molar-refractivity contribution in [1.29, 1.82) is 0 Å². The van der Waals surface area contributed by atoms with Gasteiger partial charge in [-0.3, -0.25) is 14.9 Å². The number of benzene rings is 2. The van der Waals surface area contributed by atoms with Crippen LogP contribution >= 0.6 is 0 Å². The number of sulfonamides is 1. The molecular weight excluding hydrogens is 418 g/mol. The number of fused-ring (bicyclic) bond motifs is 1. The van der Waals surface area contributed by atoms with E-state index < -0.39 is 14.9 Å². The van der Waals surface area contributed by atoms with E-state index in [2.05, 4.69) is 0 Å². The lowest BCUT2D eigenvalue weighted by atomic mass is 9.96. The second-order valence-corrected chi connectivity index (χ2v) is 10.2. The van der Waals surface area contributed by atoms with Gasteiger partial charge in [-0.05, 0) is 50.3 Å². The normalized spacial score (nSPS) is 17.5. The van der Waals surface area contributed by atoms with Crippen LogP contribution in [0.25, 0.3) is 0 Å². The first-order chi connectivity index (χ1) is 14.7. The highest BCUT2D eigenvalue weighted by Crippen LogP contribution is 2.34. The van der Waals surface area contributed by atoms with E-state index in [0.717, 1.165) is 11.1 Å². The minimum absolute atomic E-state index is 0.0344.